The summed E-state index contributed by atoms with van der Waals surface area (Å²) < 4.78 is 5.58. The normalized spacial score (nSPS) is 36.3. The number of carbonyl (C=O) groups excluding carboxylic acids is 2. The predicted octanol–water partition coefficient (Wildman–Crippen LogP) is 1.82. The topological polar surface area (TPSA) is 74.4 Å². The van der Waals surface area contributed by atoms with Crippen molar-refractivity contribution in [2.24, 2.45) is 5.92 Å². The zero-order valence-corrected chi connectivity index (χ0v) is 10.8. The lowest BCUT2D eigenvalue weighted by Crippen LogP contribution is -2.32. The molecule has 2 aliphatic heterocycles. The Labute approximate surface area is 111 Å². The van der Waals surface area contributed by atoms with Gasteiger partial charge in [0.15, 0.2) is 5.60 Å². The zero-order chi connectivity index (χ0) is 13.3. The minimum Gasteiger partial charge on any atom is -0.353 e. The van der Waals surface area contributed by atoms with E-state index in [1.165, 1.54) is 19.3 Å². The summed E-state index contributed by atoms with van der Waals surface area (Å²) in [5.41, 5.74) is -0.907. The van der Waals surface area contributed by atoms with Crippen LogP contribution in [0.4, 0.5) is 0 Å². The lowest BCUT2D eigenvalue weighted by atomic mass is 9.81. The van der Waals surface area contributed by atoms with E-state index in [1.807, 2.05) is 0 Å². The number of hydrogen-bond donors (Lipinski definition) is 0. The van der Waals surface area contributed by atoms with E-state index in [9.17, 15) is 9.59 Å². The number of hydrogen-bond acceptors (Lipinski definition) is 6. The fourth-order valence-electron chi connectivity index (χ4n) is 3.22. The molecule has 2 unspecified atom stereocenters. The Bertz CT molecular complexity index is 375. The molecule has 1 aliphatic carbocycles. The summed E-state index contributed by atoms with van der Waals surface area (Å²) >= 11 is 0. The molecule has 0 aromatic carbocycles. The van der Waals surface area contributed by atoms with Gasteiger partial charge in [-0.05, 0) is 18.8 Å². The van der Waals surface area contributed by atoms with Crippen molar-refractivity contribution < 1.29 is 29.1 Å². The molecule has 0 N–H and O–H groups in total. The quantitative estimate of drug-likeness (QED) is 0.563. The molecule has 106 valence electrons. The van der Waals surface area contributed by atoms with Gasteiger partial charge in [0.2, 0.25) is 0 Å². The average Bonchev–Trinajstić information content (AvgIpc) is 3.11. The fraction of sp³-hybridized carbons (Fsp3) is 0.846. The van der Waals surface area contributed by atoms with Crippen LogP contribution in [0.2, 0.25) is 0 Å². The molecule has 6 nitrogen and oxygen atoms in total. The predicted molar refractivity (Wildman–Crippen MR) is 61.3 cm³/mol. The summed E-state index contributed by atoms with van der Waals surface area (Å²) in [5.74, 6) is -0.627. The van der Waals surface area contributed by atoms with E-state index < -0.39 is 17.5 Å². The molecule has 0 bridgehead atoms. The third-order valence-electron chi connectivity index (χ3n) is 4.32. The second-order valence-corrected chi connectivity index (χ2v) is 5.64. The number of fused-ring (bicyclic) bond motifs is 1. The van der Waals surface area contributed by atoms with Crippen molar-refractivity contribution in [3.05, 3.63) is 0 Å². The molecule has 0 radical (unpaired) electrons. The number of rotatable bonds is 2. The molecule has 1 saturated carbocycles. The molecule has 0 aromatic rings. The molecule has 3 rings (SSSR count). The third-order valence-corrected chi connectivity index (χ3v) is 4.32. The molecule has 2 heterocycles. The highest BCUT2D eigenvalue weighted by atomic mass is 17.5. The summed E-state index contributed by atoms with van der Waals surface area (Å²) in [7, 11) is 0. The maximum atomic E-state index is 12.0. The standard InChI is InChI=1S/C13H18O6/c14-11-7-6-10-13(16-10,12(15)18-19-17-11)8-9-4-2-1-3-5-9/h9-10H,1-8H2. The van der Waals surface area contributed by atoms with Gasteiger partial charge in [-0.1, -0.05) is 32.1 Å². The lowest BCUT2D eigenvalue weighted by Gasteiger charge is -2.23. The van der Waals surface area contributed by atoms with Gasteiger partial charge in [-0.2, -0.15) is 0 Å². The van der Waals surface area contributed by atoms with E-state index in [4.69, 9.17) is 4.74 Å². The monoisotopic (exact) mass is 270 g/mol. The number of ether oxygens (including phenoxy) is 1. The van der Waals surface area contributed by atoms with Crippen molar-refractivity contribution in [1.29, 1.82) is 0 Å². The van der Waals surface area contributed by atoms with E-state index in [0.717, 1.165) is 12.8 Å². The lowest BCUT2D eigenvalue weighted by molar-refractivity contribution is -0.460. The number of carbonyl (C=O) groups is 2. The van der Waals surface area contributed by atoms with Crippen LogP contribution in [-0.4, -0.2) is 23.6 Å². The molecular formula is C13H18O6. The maximum absolute atomic E-state index is 12.0. The molecule has 6 heteroatoms. The summed E-state index contributed by atoms with van der Waals surface area (Å²) in [6.45, 7) is 0. The van der Waals surface area contributed by atoms with E-state index >= 15 is 0 Å². The molecule has 0 amide bonds. The summed E-state index contributed by atoms with van der Waals surface area (Å²) in [6, 6.07) is 0. The van der Waals surface area contributed by atoms with Crippen molar-refractivity contribution in [3.8, 4) is 0 Å². The van der Waals surface area contributed by atoms with E-state index in [2.05, 4.69) is 14.8 Å². The molecule has 0 aromatic heterocycles. The second-order valence-electron chi connectivity index (χ2n) is 5.64. The van der Waals surface area contributed by atoms with Crippen LogP contribution in [0.25, 0.3) is 0 Å². The van der Waals surface area contributed by atoms with Gasteiger partial charge in [0.05, 0.1) is 12.5 Å². The highest BCUT2D eigenvalue weighted by Crippen LogP contribution is 2.48. The maximum Gasteiger partial charge on any atom is 0.380 e. The molecule has 0 spiro atoms. The first-order valence-electron chi connectivity index (χ1n) is 6.97. The van der Waals surface area contributed by atoms with Crippen LogP contribution in [0.15, 0.2) is 0 Å². The van der Waals surface area contributed by atoms with Gasteiger partial charge in [-0.3, -0.25) is 9.78 Å². The smallest absolute Gasteiger partial charge is 0.353 e. The molecule has 3 aliphatic rings. The van der Waals surface area contributed by atoms with Gasteiger partial charge >= 0.3 is 11.9 Å². The molecule has 19 heavy (non-hydrogen) atoms. The Hall–Kier alpha value is -1.14. The highest BCUT2D eigenvalue weighted by Gasteiger charge is 2.65. The van der Waals surface area contributed by atoms with Gasteiger partial charge in [-0.15, -0.1) is 0 Å². The van der Waals surface area contributed by atoms with Gasteiger partial charge in [0.25, 0.3) is 0 Å². The zero-order valence-electron chi connectivity index (χ0n) is 10.8. The van der Waals surface area contributed by atoms with Gasteiger partial charge < -0.3 is 4.74 Å². The molecule has 2 atom stereocenters. The number of epoxide rings is 1. The fourth-order valence-corrected chi connectivity index (χ4v) is 3.22. The first-order valence-corrected chi connectivity index (χ1v) is 6.97. The summed E-state index contributed by atoms with van der Waals surface area (Å²) in [6.07, 6.45) is 7.01. The van der Waals surface area contributed by atoms with Crippen molar-refractivity contribution in [1.82, 2.24) is 0 Å². The first kappa shape index (κ1) is 12.9. The Kier molecular flexibility index (Phi) is 3.45. The van der Waals surface area contributed by atoms with Crippen LogP contribution >= 0.6 is 0 Å². The summed E-state index contributed by atoms with van der Waals surface area (Å²) in [4.78, 5) is 32.0. The van der Waals surface area contributed by atoms with Crippen LogP contribution in [0.5, 0.6) is 0 Å². The largest absolute Gasteiger partial charge is 0.380 e. The van der Waals surface area contributed by atoms with Gasteiger partial charge in [-0.25, -0.2) is 9.59 Å². The van der Waals surface area contributed by atoms with Crippen LogP contribution in [0.1, 0.15) is 51.4 Å². The Balaban J connectivity index is 1.66. The highest BCUT2D eigenvalue weighted by molar-refractivity contribution is 5.83. The van der Waals surface area contributed by atoms with Crippen LogP contribution in [-0.2, 0) is 29.1 Å². The van der Waals surface area contributed by atoms with Crippen LogP contribution in [0, 0.1) is 5.92 Å². The molecule has 2 saturated heterocycles. The van der Waals surface area contributed by atoms with Crippen LogP contribution < -0.4 is 0 Å². The van der Waals surface area contributed by atoms with Crippen molar-refractivity contribution in [2.45, 2.75) is 63.1 Å². The Morgan fingerprint density at radius 3 is 2.63 bits per heavy atom. The molecular weight excluding hydrogens is 252 g/mol. The minimum atomic E-state index is -0.907. The second kappa shape index (κ2) is 5.09. The Morgan fingerprint density at radius 2 is 1.84 bits per heavy atom. The van der Waals surface area contributed by atoms with Gasteiger partial charge in [0.1, 0.15) is 0 Å². The van der Waals surface area contributed by atoms with E-state index in [1.54, 1.807) is 0 Å². The van der Waals surface area contributed by atoms with E-state index in [0.29, 0.717) is 18.8 Å². The van der Waals surface area contributed by atoms with Crippen molar-refractivity contribution in [2.75, 3.05) is 0 Å². The molecule has 3 fully saturated rings. The van der Waals surface area contributed by atoms with Crippen molar-refractivity contribution >= 4 is 11.9 Å². The van der Waals surface area contributed by atoms with Gasteiger partial charge in [0, 0.05) is 5.04 Å². The Morgan fingerprint density at radius 1 is 1.05 bits per heavy atom. The average molecular weight is 270 g/mol. The summed E-state index contributed by atoms with van der Waals surface area (Å²) in [5, 5.41) is 4.21. The first-order chi connectivity index (χ1) is 9.21. The SMILES string of the molecule is O=C1CCC2OC2(CC2CCCCC2)C(=O)OOO1. The van der Waals surface area contributed by atoms with Crippen molar-refractivity contribution in [3.63, 3.8) is 0 Å². The van der Waals surface area contributed by atoms with Crippen LogP contribution in [0.3, 0.4) is 0 Å². The minimum absolute atomic E-state index is 0.174. The third kappa shape index (κ3) is 2.60. The van der Waals surface area contributed by atoms with E-state index in [-0.39, 0.29) is 12.5 Å².